The van der Waals surface area contributed by atoms with Crippen molar-refractivity contribution < 1.29 is 9.47 Å². The number of rotatable bonds is 2. The van der Waals surface area contributed by atoms with Crippen molar-refractivity contribution in [3.05, 3.63) is 119 Å². The van der Waals surface area contributed by atoms with Gasteiger partial charge >= 0.3 is 0 Å². The van der Waals surface area contributed by atoms with E-state index in [4.69, 9.17) is 9.47 Å². The van der Waals surface area contributed by atoms with E-state index >= 15 is 0 Å². The molecule has 0 bridgehead atoms. The maximum Gasteiger partial charge on any atom is 0.178 e. The van der Waals surface area contributed by atoms with Crippen LogP contribution in [-0.4, -0.2) is 6.54 Å². The van der Waals surface area contributed by atoms with Crippen molar-refractivity contribution in [2.45, 2.75) is 19.3 Å². The van der Waals surface area contributed by atoms with Crippen LogP contribution in [-0.2, 0) is 5.41 Å². The molecule has 7 rings (SSSR count). The smallest absolute Gasteiger partial charge is 0.178 e. The van der Waals surface area contributed by atoms with E-state index in [0.717, 1.165) is 40.8 Å². The first-order valence-corrected chi connectivity index (χ1v) is 12.1. The van der Waals surface area contributed by atoms with Gasteiger partial charge in [-0.15, -0.1) is 0 Å². The lowest BCUT2D eigenvalue weighted by Crippen LogP contribution is -2.19. The number of allylic oxidation sites excluding steroid dienone is 2. The molecule has 0 unspecified atom stereocenters. The van der Waals surface area contributed by atoms with Crippen LogP contribution >= 0.6 is 0 Å². The third-order valence-corrected chi connectivity index (χ3v) is 7.41. The van der Waals surface area contributed by atoms with Gasteiger partial charge in [0.05, 0.1) is 0 Å². The van der Waals surface area contributed by atoms with Crippen molar-refractivity contribution in [3.8, 4) is 34.1 Å². The van der Waals surface area contributed by atoms with Crippen molar-refractivity contribution in [2.75, 3.05) is 6.54 Å². The van der Waals surface area contributed by atoms with Crippen LogP contribution in [0.15, 0.2) is 97.1 Å². The summed E-state index contributed by atoms with van der Waals surface area (Å²) in [7, 11) is 0. The molecule has 3 nitrogen and oxygen atoms in total. The average Bonchev–Trinajstić information content (AvgIpc) is 3.14. The molecule has 0 spiro atoms. The van der Waals surface area contributed by atoms with E-state index in [1.165, 1.54) is 33.4 Å². The summed E-state index contributed by atoms with van der Waals surface area (Å²) in [6.07, 6.45) is 4.42. The summed E-state index contributed by atoms with van der Waals surface area (Å²) < 4.78 is 12.6. The molecule has 0 aromatic heterocycles. The SMILES string of the molecule is CC1(C)c2cc(C3=CC=C(c4ccccc4)CN3)ccc2-c2c1ccc1c2Oc2ccccc2O1. The Balaban J connectivity index is 1.30. The quantitative estimate of drug-likeness (QED) is 0.293. The molecule has 1 N–H and O–H groups in total. The summed E-state index contributed by atoms with van der Waals surface area (Å²) in [6.45, 7) is 5.40. The molecule has 0 radical (unpaired) electrons. The first-order chi connectivity index (χ1) is 17.1. The standard InChI is InChI=1S/C32H25NO2/c1-32(2)24-15-17-29-31(35-28-11-7-6-10-27(28)34-29)30(24)23-14-12-21(18-25(23)32)26-16-13-22(19-33-26)20-8-4-3-5-9-20/h3-18,33H,19H2,1-2H3. The zero-order valence-electron chi connectivity index (χ0n) is 19.8. The van der Waals surface area contributed by atoms with Crippen LogP contribution in [0.3, 0.4) is 0 Å². The fourth-order valence-corrected chi connectivity index (χ4v) is 5.51. The molecule has 170 valence electrons. The molecule has 4 aromatic carbocycles. The van der Waals surface area contributed by atoms with Gasteiger partial charge in [-0.2, -0.15) is 0 Å². The van der Waals surface area contributed by atoms with Crippen molar-refractivity contribution in [1.29, 1.82) is 0 Å². The third-order valence-electron chi connectivity index (χ3n) is 7.41. The number of hydrogen-bond acceptors (Lipinski definition) is 3. The first-order valence-electron chi connectivity index (χ1n) is 12.1. The minimum absolute atomic E-state index is 0.143. The third kappa shape index (κ3) is 3.05. The van der Waals surface area contributed by atoms with Crippen molar-refractivity contribution in [2.24, 2.45) is 0 Å². The summed E-state index contributed by atoms with van der Waals surface area (Å²) in [5.41, 5.74) is 9.69. The molecule has 0 atom stereocenters. The lowest BCUT2D eigenvalue weighted by Gasteiger charge is -2.25. The number of benzene rings is 4. The maximum absolute atomic E-state index is 6.41. The first kappa shape index (κ1) is 20.2. The number of fused-ring (bicyclic) bond motifs is 6. The highest BCUT2D eigenvalue weighted by Crippen LogP contribution is 2.58. The second kappa shape index (κ2) is 7.38. The molecule has 2 heterocycles. The zero-order valence-corrected chi connectivity index (χ0v) is 19.8. The Kier molecular flexibility index (Phi) is 4.25. The van der Waals surface area contributed by atoms with E-state index in [1.54, 1.807) is 0 Å². The Morgan fingerprint density at radius 3 is 2.23 bits per heavy atom. The van der Waals surface area contributed by atoms with E-state index in [-0.39, 0.29) is 5.41 Å². The van der Waals surface area contributed by atoms with Gasteiger partial charge in [0.1, 0.15) is 0 Å². The van der Waals surface area contributed by atoms with Crippen LogP contribution in [0, 0.1) is 0 Å². The average molecular weight is 456 g/mol. The highest BCUT2D eigenvalue weighted by atomic mass is 16.6. The molecular formula is C32H25NO2. The predicted octanol–water partition coefficient (Wildman–Crippen LogP) is 7.92. The lowest BCUT2D eigenvalue weighted by molar-refractivity contribution is 0.360. The fourth-order valence-electron chi connectivity index (χ4n) is 5.51. The van der Waals surface area contributed by atoms with E-state index < -0.39 is 0 Å². The minimum atomic E-state index is -0.143. The maximum atomic E-state index is 6.41. The normalized spacial score (nSPS) is 16.3. The number of ether oxygens (including phenoxy) is 2. The van der Waals surface area contributed by atoms with Gasteiger partial charge < -0.3 is 14.8 Å². The van der Waals surface area contributed by atoms with Crippen LogP contribution in [0.2, 0.25) is 0 Å². The lowest BCUT2D eigenvalue weighted by atomic mass is 9.81. The van der Waals surface area contributed by atoms with Crippen molar-refractivity contribution >= 4 is 11.3 Å². The molecular weight excluding hydrogens is 430 g/mol. The Morgan fingerprint density at radius 2 is 1.46 bits per heavy atom. The molecule has 2 aliphatic heterocycles. The summed E-state index contributed by atoms with van der Waals surface area (Å²) in [4.78, 5) is 0. The minimum Gasteiger partial charge on any atom is -0.449 e. The Bertz CT molecular complexity index is 1560. The van der Waals surface area contributed by atoms with Crippen LogP contribution < -0.4 is 14.8 Å². The molecule has 3 aliphatic rings. The van der Waals surface area contributed by atoms with Gasteiger partial charge in [0, 0.05) is 23.2 Å². The number of hydrogen-bond donors (Lipinski definition) is 1. The van der Waals surface area contributed by atoms with Crippen molar-refractivity contribution in [1.82, 2.24) is 5.32 Å². The second-order valence-corrected chi connectivity index (χ2v) is 9.84. The summed E-state index contributed by atoms with van der Waals surface area (Å²) in [6, 6.07) is 29.4. The summed E-state index contributed by atoms with van der Waals surface area (Å²) in [5.74, 6) is 3.09. The number of dihydropyridines is 1. The van der Waals surface area contributed by atoms with Gasteiger partial charge in [-0.05, 0) is 63.7 Å². The number of para-hydroxylation sites is 2. The molecule has 3 heteroatoms. The van der Waals surface area contributed by atoms with Gasteiger partial charge in [0.2, 0.25) is 0 Å². The van der Waals surface area contributed by atoms with Gasteiger partial charge in [-0.1, -0.05) is 80.6 Å². The fraction of sp³-hybridized carbons (Fsp3) is 0.125. The topological polar surface area (TPSA) is 30.5 Å². The molecule has 4 aromatic rings. The molecule has 1 aliphatic carbocycles. The summed E-state index contributed by atoms with van der Waals surface area (Å²) >= 11 is 0. The largest absolute Gasteiger partial charge is 0.449 e. The molecule has 0 fully saturated rings. The molecule has 0 saturated heterocycles. The molecule has 0 amide bonds. The van der Waals surface area contributed by atoms with Crippen LogP contribution in [0.25, 0.3) is 22.4 Å². The molecule has 35 heavy (non-hydrogen) atoms. The van der Waals surface area contributed by atoms with Crippen LogP contribution in [0.4, 0.5) is 0 Å². The Morgan fingerprint density at radius 1 is 0.686 bits per heavy atom. The Hall–Kier alpha value is -4.24. The summed E-state index contributed by atoms with van der Waals surface area (Å²) in [5, 5.41) is 3.63. The Labute approximate surface area is 205 Å². The van der Waals surface area contributed by atoms with E-state index in [2.05, 4.69) is 85.9 Å². The second-order valence-electron chi connectivity index (χ2n) is 9.84. The highest BCUT2D eigenvalue weighted by Gasteiger charge is 2.40. The van der Waals surface area contributed by atoms with E-state index in [9.17, 15) is 0 Å². The van der Waals surface area contributed by atoms with E-state index in [1.807, 2.05) is 30.3 Å². The highest BCUT2D eigenvalue weighted by molar-refractivity contribution is 5.89. The zero-order chi connectivity index (χ0) is 23.6. The van der Waals surface area contributed by atoms with Gasteiger partial charge in [-0.3, -0.25) is 0 Å². The van der Waals surface area contributed by atoms with Gasteiger partial charge in [0.25, 0.3) is 0 Å². The van der Waals surface area contributed by atoms with Crippen LogP contribution in [0.5, 0.6) is 23.0 Å². The van der Waals surface area contributed by atoms with Crippen molar-refractivity contribution in [3.63, 3.8) is 0 Å². The monoisotopic (exact) mass is 455 g/mol. The van der Waals surface area contributed by atoms with Gasteiger partial charge in [0.15, 0.2) is 23.0 Å². The number of nitrogens with one attached hydrogen (secondary N) is 1. The molecule has 0 saturated carbocycles. The van der Waals surface area contributed by atoms with E-state index in [0.29, 0.717) is 0 Å². The predicted molar refractivity (Wildman–Crippen MR) is 141 cm³/mol. The van der Waals surface area contributed by atoms with Gasteiger partial charge in [-0.25, -0.2) is 0 Å². The van der Waals surface area contributed by atoms with Crippen LogP contribution in [0.1, 0.15) is 36.1 Å².